The van der Waals surface area contributed by atoms with E-state index in [2.05, 4.69) is 15.2 Å². The molecule has 0 radical (unpaired) electrons. The molecule has 46 heavy (non-hydrogen) atoms. The van der Waals surface area contributed by atoms with Crippen molar-refractivity contribution < 1.29 is 41.7 Å². The van der Waals surface area contributed by atoms with Crippen molar-refractivity contribution in [2.45, 2.75) is 62.3 Å². The van der Waals surface area contributed by atoms with Crippen molar-refractivity contribution in [3.8, 4) is 22.8 Å². The van der Waals surface area contributed by atoms with Gasteiger partial charge in [-0.05, 0) is 87.6 Å². The van der Waals surface area contributed by atoms with E-state index in [4.69, 9.17) is 15.2 Å². The van der Waals surface area contributed by atoms with E-state index in [1.807, 2.05) is 0 Å². The summed E-state index contributed by atoms with van der Waals surface area (Å²) in [4.78, 5) is 32.0. The Balaban J connectivity index is 1.35. The third-order valence-electron chi connectivity index (χ3n) is 8.87. The molecule has 1 saturated heterocycles. The molecule has 4 N–H and O–H groups in total. The number of hydrogen-bond donors (Lipinski definition) is 3. The number of pyridine rings is 1. The third kappa shape index (κ3) is 5.83. The van der Waals surface area contributed by atoms with Crippen LogP contribution in [0.15, 0.2) is 48.5 Å². The van der Waals surface area contributed by atoms with Gasteiger partial charge in [-0.15, -0.1) is 0 Å². The van der Waals surface area contributed by atoms with Crippen LogP contribution >= 0.6 is 0 Å². The lowest BCUT2D eigenvalue weighted by Gasteiger charge is -2.32. The minimum atomic E-state index is -5.33. The molecule has 2 atom stereocenters. The van der Waals surface area contributed by atoms with E-state index >= 15 is 0 Å². The standard InChI is InChI=1S/C33H34F4N4O5/c1-31(30(38)43)18-45-28-23(31)16-26(40-27(28)19-5-8-21(34)9-6-19)32(44,33(35,36)37)17-39-29(42)20-7-12-25(46-22-10-11-22)24(15-20)41-13-3-2-4-14-41/h5-9,12,15-16,22,44H,2-4,10-11,13-14,17-18H2,1H3,(H2,38,43)(H,39,42)/t31-,32-/m0/s1. The largest absolute Gasteiger partial charge is 0.489 e. The zero-order chi connectivity index (χ0) is 32.9. The number of ether oxygens (including phenoxy) is 2. The van der Waals surface area contributed by atoms with Crippen LogP contribution < -0.4 is 25.4 Å². The molecule has 2 aliphatic heterocycles. The maximum absolute atomic E-state index is 14.8. The Bertz CT molecular complexity index is 1660. The number of alkyl halides is 3. The van der Waals surface area contributed by atoms with E-state index in [1.165, 1.54) is 25.1 Å². The highest BCUT2D eigenvalue weighted by Gasteiger charge is 2.57. The average Bonchev–Trinajstić information content (AvgIpc) is 3.79. The van der Waals surface area contributed by atoms with Gasteiger partial charge in [0, 0.05) is 29.8 Å². The lowest BCUT2D eigenvalue weighted by Crippen LogP contribution is -2.51. The lowest BCUT2D eigenvalue weighted by molar-refractivity contribution is -0.265. The fourth-order valence-electron chi connectivity index (χ4n) is 5.75. The molecule has 3 aliphatic rings. The Labute approximate surface area is 262 Å². The molecular formula is C33H34F4N4O5. The van der Waals surface area contributed by atoms with Gasteiger partial charge < -0.3 is 30.5 Å². The monoisotopic (exact) mass is 642 g/mol. The van der Waals surface area contributed by atoms with E-state index in [9.17, 15) is 32.3 Å². The molecule has 244 valence electrons. The number of rotatable bonds is 9. The summed E-state index contributed by atoms with van der Waals surface area (Å²) in [5, 5.41) is 13.6. The van der Waals surface area contributed by atoms with Gasteiger partial charge in [-0.25, -0.2) is 9.37 Å². The fourth-order valence-corrected chi connectivity index (χ4v) is 5.75. The van der Waals surface area contributed by atoms with Crippen molar-refractivity contribution in [1.29, 1.82) is 0 Å². The number of fused-ring (bicyclic) bond motifs is 1. The van der Waals surface area contributed by atoms with Crippen LogP contribution in [-0.2, 0) is 15.8 Å². The number of nitrogens with one attached hydrogen (secondary N) is 1. The molecule has 1 aliphatic carbocycles. The van der Waals surface area contributed by atoms with Crippen LogP contribution in [0.1, 0.15) is 60.6 Å². The number of piperidine rings is 1. The number of benzene rings is 2. The predicted molar refractivity (Wildman–Crippen MR) is 160 cm³/mol. The number of halogens is 4. The van der Waals surface area contributed by atoms with Gasteiger partial charge in [0.25, 0.3) is 5.91 Å². The van der Waals surface area contributed by atoms with Gasteiger partial charge in [0.15, 0.2) is 0 Å². The summed E-state index contributed by atoms with van der Waals surface area (Å²) in [5.41, 5.74) is 0.295. The molecule has 2 aromatic carbocycles. The molecule has 2 amide bonds. The van der Waals surface area contributed by atoms with Gasteiger partial charge in [-0.2, -0.15) is 13.2 Å². The van der Waals surface area contributed by atoms with Crippen molar-refractivity contribution in [3.63, 3.8) is 0 Å². The smallest absolute Gasteiger partial charge is 0.424 e. The van der Waals surface area contributed by atoms with Crippen LogP contribution in [0.2, 0.25) is 0 Å². The molecular weight excluding hydrogens is 608 g/mol. The van der Waals surface area contributed by atoms with E-state index in [0.29, 0.717) is 11.4 Å². The SMILES string of the molecule is C[C@]1(C(N)=O)COc2c1cc([C@@](O)(CNC(=O)c1ccc(OC3CC3)c(N3CCCCC3)c1)C(F)(F)F)nc2-c1ccc(F)cc1. The van der Waals surface area contributed by atoms with Gasteiger partial charge in [-0.1, -0.05) is 0 Å². The first-order valence-electron chi connectivity index (χ1n) is 15.2. The minimum absolute atomic E-state index is 0.0102. The molecule has 0 spiro atoms. The van der Waals surface area contributed by atoms with Crippen molar-refractivity contribution in [1.82, 2.24) is 10.3 Å². The predicted octanol–water partition coefficient (Wildman–Crippen LogP) is 4.73. The summed E-state index contributed by atoms with van der Waals surface area (Å²) in [6, 6.07) is 10.4. The van der Waals surface area contributed by atoms with Crippen LogP contribution in [0.3, 0.4) is 0 Å². The molecule has 3 aromatic rings. The minimum Gasteiger partial charge on any atom is -0.489 e. The molecule has 13 heteroatoms. The van der Waals surface area contributed by atoms with E-state index in [1.54, 1.807) is 12.1 Å². The number of nitrogens with two attached hydrogens (primary N) is 1. The number of aliphatic hydroxyl groups is 1. The number of amides is 2. The topological polar surface area (TPSA) is 127 Å². The van der Waals surface area contributed by atoms with Gasteiger partial charge in [0.05, 0.1) is 24.0 Å². The fraction of sp³-hybridized carbons (Fsp3) is 0.424. The molecule has 1 saturated carbocycles. The molecule has 6 rings (SSSR count). The first kappa shape index (κ1) is 31.6. The molecule has 3 heterocycles. The summed E-state index contributed by atoms with van der Waals surface area (Å²) in [7, 11) is 0. The number of carbonyl (C=O) groups excluding carboxylic acids is 2. The maximum Gasteiger partial charge on any atom is 0.424 e. The number of primary amides is 1. The molecule has 0 unspecified atom stereocenters. The second-order valence-electron chi connectivity index (χ2n) is 12.3. The maximum atomic E-state index is 14.8. The normalized spacial score (nSPS) is 20.8. The van der Waals surface area contributed by atoms with E-state index in [-0.39, 0.29) is 40.8 Å². The van der Waals surface area contributed by atoms with Crippen molar-refractivity contribution >= 4 is 17.5 Å². The van der Waals surface area contributed by atoms with E-state index in [0.717, 1.165) is 63.4 Å². The second-order valence-corrected chi connectivity index (χ2v) is 12.3. The van der Waals surface area contributed by atoms with Crippen molar-refractivity contribution in [2.75, 3.05) is 31.1 Å². The van der Waals surface area contributed by atoms with Crippen molar-refractivity contribution in [3.05, 3.63) is 71.2 Å². The van der Waals surface area contributed by atoms with Gasteiger partial charge in [0.1, 0.15) is 35.0 Å². The zero-order valence-corrected chi connectivity index (χ0v) is 25.1. The summed E-state index contributed by atoms with van der Waals surface area (Å²) in [6.45, 7) is 1.35. The number of hydrogen-bond acceptors (Lipinski definition) is 7. The highest BCUT2D eigenvalue weighted by molar-refractivity contribution is 5.96. The Hall–Kier alpha value is -4.39. The molecule has 0 bridgehead atoms. The van der Waals surface area contributed by atoms with Gasteiger partial charge in [0.2, 0.25) is 11.5 Å². The Morgan fingerprint density at radius 3 is 2.43 bits per heavy atom. The van der Waals surface area contributed by atoms with Crippen LogP contribution in [0.4, 0.5) is 23.2 Å². The Morgan fingerprint density at radius 1 is 1.11 bits per heavy atom. The summed E-state index contributed by atoms with van der Waals surface area (Å²) >= 11 is 0. The molecule has 1 aromatic heterocycles. The molecule has 9 nitrogen and oxygen atoms in total. The first-order chi connectivity index (χ1) is 21.8. The molecule has 2 fully saturated rings. The number of nitrogens with zero attached hydrogens (tertiary/aromatic N) is 2. The highest BCUT2D eigenvalue weighted by Crippen LogP contribution is 2.48. The van der Waals surface area contributed by atoms with Crippen LogP contribution in [0.5, 0.6) is 11.5 Å². The number of anilines is 1. The third-order valence-corrected chi connectivity index (χ3v) is 8.87. The van der Waals surface area contributed by atoms with Crippen molar-refractivity contribution in [2.24, 2.45) is 5.73 Å². The van der Waals surface area contributed by atoms with Gasteiger partial charge in [-0.3, -0.25) is 9.59 Å². The highest BCUT2D eigenvalue weighted by atomic mass is 19.4. The van der Waals surface area contributed by atoms with Crippen LogP contribution in [0.25, 0.3) is 11.3 Å². The van der Waals surface area contributed by atoms with Crippen LogP contribution in [-0.4, -0.2) is 60.4 Å². The number of aromatic nitrogens is 1. The Morgan fingerprint density at radius 2 is 1.80 bits per heavy atom. The first-order valence-corrected chi connectivity index (χ1v) is 15.2. The van der Waals surface area contributed by atoms with E-state index < -0.39 is 47.1 Å². The van der Waals surface area contributed by atoms with Crippen LogP contribution in [0, 0.1) is 5.82 Å². The second kappa shape index (κ2) is 11.8. The summed E-state index contributed by atoms with van der Waals surface area (Å²) in [5.74, 6) is -1.70. The lowest BCUT2D eigenvalue weighted by atomic mass is 9.81. The summed E-state index contributed by atoms with van der Waals surface area (Å²) < 4.78 is 69.8. The zero-order valence-electron chi connectivity index (χ0n) is 25.1. The average molecular weight is 643 g/mol. The Kier molecular flexibility index (Phi) is 8.07. The quantitative estimate of drug-likeness (QED) is 0.288. The number of carbonyl (C=O) groups is 2. The van der Waals surface area contributed by atoms with Gasteiger partial charge >= 0.3 is 6.18 Å². The summed E-state index contributed by atoms with van der Waals surface area (Å²) in [6.07, 6.45) is -0.353.